The summed E-state index contributed by atoms with van der Waals surface area (Å²) < 4.78 is 0. The Bertz CT molecular complexity index is 607. The topological polar surface area (TPSA) is 50.7 Å². The normalized spacial score (nSPS) is 20.2. The van der Waals surface area contributed by atoms with Crippen molar-refractivity contribution in [2.45, 2.75) is 46.1 Å². The zero-order chi connectivity index (χ0) is 14.9. The van der Waals surface area contributed by atoms with Crippen LogP contribution in [-0.2, 0) is 6.42 Å². The fourth-order valence-corrected chi connectivity index (χ4v) is 3.56. The van der Waals surface area contributed by atoms with Crippen LogP contribution in [0.25, 0.3) is 10.8 Å². The lowest BCUT2D eigenvalue weighted by molar-refractivity contribution is 0.254. The summed E-state index contributed by atoms with van der Waals surface area (Å²) in [5, 5.41) is 6.51. The Morgan fingerprint density at radius 3 is 2.95 bits per heavy atom. The fraction of sp³-hybridized carbons (Fsp3) is 0.562. The number of aromatic nitrogens is 3. The lowest BCUT2D eigenvalue weighted by Crippen LogP contribution is -2.34. The van der Waals surface area contributed by atoms with Gasteiger partial charge in [-0.05, 0) is 31.2 Å². The van der Waals surface area contributed by atoms with Crippen molar-refractivity contribution < 1.29 is 0 Å². The molecule has 112 valence electrons. The third-order valence-corrected chi connectivity index (χ3v) is 4.71. The summed E-state index contributed by atoms with van der Waals surface area (Å²) in [4.78, 5) is 13.7. The van der Waals surface area contributed by atoms with Crippen molar-refractivity contribution in [1.29, 1.82) is 0 Å². The third kappa shape index (κ3) is 3.14. The number of rotatable bonds is 4. The van der Waals surface area contributed by atoms with Gasteiger partial charge in [-0.1, -0.05) is 20.8 Å². The second kappa shape index (κ2) is 5.81. The molecule has 0 radical (unpaired) electrons. The SMILES string of the molecule is CCCNC1CC(C)(C)Cc2nc(-c3nccs3)ncc21. The highest BCUT2D eigenvalue weighted by molar-refractivity contribution is 7.12. The number of nitrogens with one attached hydrogen (secondary N) is 1. The average molecular weight is 302 g/mol. The molecule has 4 nitrogen and oxygen atoms in total. The molecular weight excluding hydrogens is 280 g/mol. The Hall–Kier alpha value is -1.33. The maximum Gasteiger partial charge on any atom is 0.188 e. The second-order valence-electron chi connectivity index (χ2n) is 6.48. The molecule has 1 N–H and O–H groups in total. The Labute approximate surface area is 130 Å². The van der Waals surface area contributed by atoms with Crippen LogP contribution in [0.2, 0.25) is 0 Å². The minimum atomic E-state index is 0.271. The summed E-state index contributed by atoms with van der Waals surface area (Å²) >= 11 is 1.59. The predicted molar refractivity (Wildman–Crippen MR) is 86.3 cm³/mol. The Kier molecular flexibility index (Phi) is 4.04. The molecular formula is C16H22N4S. The van der Waals surface area contributed by atoms with Crippen molar-refractivity contribution in [3.8, 4) is 10.8 Å². The Morgan fingerprint density at radius 2 is 2.24 bits per heavy atom. The van der Waals surface area contributed by atoms with Gasteiger partial charge < -0.3 is 5.32 Å². The van der Waals surface area contributed by atoms with Gasteiger partial charge in [-0.2, -0.15) is 0 Å². The Morgan fingerprint density at radius 1 is 1.38 bits per heavy atom. The number of hydrogen-bond donors (Lipinski definition) is 1. The van der Waals surface area contributed by atoms with E-state index in [9.17, 15) is 0 Å². The lowest BCUT2D eigenvalue weighted by Gasteiger charge is -2.36. The number of thiazole rings is 1. The van der Waals surface area contributed by atoms with E-state index in [1.165, 1.54) is 11.3 Å². The molecule has 0 aromatic carbocycles. The molecule has 21 heavy (non-hydrogen) atoms. The molecule has 0 aliphatic heterocycles. The van der Waals surface area contributed by atoms with Gasteiger partial charge in [0.2, 0.25) is 0 Å². The first-order valence-electron chi connectivity index (χ1n) is 7.58. The van der Waals surface area contributed by atoms with Crippen molar-refractivity contribution in [2.24, 2.45) is 5.41 Å². The van der Waals surface area contributed by atoms with Crippen molar-refractivity contribution in [2.75, 3.05) is 6.54 Å². The predicted octanol–water partition coefficient (Wildman–Crippen LogP) is 3.61. The van der Waals surface area contributed by atoms with Crippen molar-refractivity contribution in [3.05, 3.63) is 29.0 Å². The molecule has 2 aromatic heterocycles. The summed E-state index contributed by atoms with van der Waals surface area (Å²) in [5.41, 5.74) is 2.72. The minimum Gasteiger partial charge on any atom is -0.310 e. The van der Waals surface area contributed by atoms with E-state index in [4.69, 9.17) is 4.98 Å². The van der Waals surface area contributed by atoms with Gasteiger partial charge >= 0.3 is 0 Å². The van der Waals surface area contributed by atoms with Gasteiger partial charge in [-0.25, -0.2) is 15.0 Å². The minimum absolute atomic E-state index is 0.271. The summed E-state index contributed by atoms with van der Waals surface area (Å²) in [7, 11) is 0. The largest absolute Gasteiger partial charge is 0.310 e. The lowest BCUT2D eigenvalue weighted by atomic mass is 9.74. The molecule has 1 unspecified atom stereocenters. The summed E-state index contributed by atoms with van der Waals surface area (Å²) in [6.07, 6.45) is 7.10. The quantitative estimate of drug-likeness (QED) is 0.937. The molecule has 0 saturated heterocycles. The highest BCUT2D eigenvalue weighted by Gasteiger charge is 2.33. The summed E-state index contributed by atoms with van der Waals surface area (Å²) in [6, 6.07) is 0.369. The van der Waals surface area contributed by atoms with Crippen molar-refractivity contribution in [3.63, 3.8) is 0 Å². The number of nitrogens with zero attached hydrogens (tertiary/aromatic N) is 3. The van der Waals surface area contributed by atoms with Crippen LogP contribution in [0, 0.1) is 5.41 Å². The smallest absolute Gasteiger partial charge is 0.188 e. The van der Waals surface area contributed by atoms with Crippen molar-refractivity contribution in [1.82, 2.24) is 20.3 Å². The first kappa shape index (κ1) is 14.6. The van der Waals surface area contributed by atoms with Crippen LogP contribution in [0.1, 0.15) is 50.9 Å². The third-order valence-electron chi connectivity index (χ3n) is 3.94. The van der Waals surface area contributed by atoms with Gasteiger partial charge in [0.1, 0.15) is 0 Å². The van der Waals surface area contributed by atoms with E-state index < -0.39 is 0 Å². The summed E-state index contributed by atoms with van der Waals surface area (Å²) in [5.74, 6) is 0.760. The van der Waals surface area contributed by atoms with Gasteiger partial charge in [-0.3, -0.25) is 0 Å². The van der Waals surface area contributed by atoms with Crippen LogP contribution in [0.4, 0.5) is 0 Å². The molecule has 5 heteroatoms. The van der Waals surface area contributed by atoms with E-state index in [-0.39, 0.29) is 5.41 Å². The molecule has 0 spiro atoms. The second-order valence-corrected chi connectivity index (χ2v) is 7.38. The Balaban J connectivity index is 1.96. The van der Waals surface area contributed by atoms with Crippen LogP contribution in [-0.4, -0.2) is 21.5 Å². The number of hydrogen-bond acceptors (Lipinski definition) is 5. The van der Waals surface area contributed by atoms with Crippen LogP contribution in [0.15, 0.2) is 17.8 Å². The van der Waals surface area contributed by atoms with Gasteiger partial charge in [-0.15, -0.1) is 11.3 Å². The van der Waals surface area contributed by atoms with Crippen LogP contribution >= 0.6 is 11.3 Å². The van der Waals surface area contributed by atoms with Gasteiger partial charge in [0, 0.05) is 35.1 Å². The van der Waals surface area contributed by atoms with Crippen molar-refractivity contribution >= 4 is 11.3 Å². The maximum absolute atomic E-state index is 4.81. The summed E-state index contributed by atoms with van der Waals surface area (Å²) in [6.45, 7) is 7.88. The van der Waals surface area contributed by atoms with Crippen LogP contribution in [0.3, 0.4) is 0 Å². The van der Waals surface area contributed by atoms with E-state index in [0.29, 0.717) is 6.04 Å². The average Bonchev–Trinajstić information content (AvgIpc) is 2.97. The molecule has 0 fully saturated rings. The zero-order valence-electron chi connectivity index (χ0n) is 12.9. The van der Waals surface area contributed by atoms with Gasteiger partial charge in [0.05, 0.1) is 0 Å². The fourth-order valence-electron chi connectivity index (χ4n) is 2.98. The van der Waals surface area contributed by atoms with Crippen LogP contribution in [0.5, 0.6) is 0 Å². The molecule has 0 saturated carbocycles. The monoisotopic (exact) mass is 302 g/mol. The van der Waals surface area contributed by atoms with E-state index in [2.05, 4.69) is 36.1 Å². The van der Waals surface area contributed by atoms with E-state index in [1.54, 1.807) is 17.5 Å². The molecule has 1 aliphatic rings. The van der Waals surface area contributed by atoms with E-state index >= 15 is 0 Å². The van der Waals surface area contributed by atoms with Gasteiger partial charge in [0.25, 0.3) is 0 Å². The standard InChI is InChI=1S/C16H22N4S/c1-4-5-17-12-8-16(2,3)9-13-11(12)10-19-14(20-13)15-18-6-7-21-15/h6-7,10,12,17H,4-5,8-9H2,1-3H3. The molecule has 2 aromatic rings. The first-order chi connectivity index (χ1) is 10.1. The molecule has 2 heterocycles. The molecule has 1 aliphatic carbocycles. The van der Waals surface area contributed by atoms with E-state index in [1.807, 2.05) is 11.6 Å². The van der Waals surface area contributed by atoms with Gasteiger partial charge in [0.15, 0.2) is 10.8 Å². The molecule has 1 atom stereocenters. The highest BCUT2D eigenvalue weighted by Crippen LogP contribution is 2.40. The zero-order valence-corrected chi connectivity index (χ0v) is 13.7. The maximum atomic E-state index is 4.81. The highest BCUT2D eigenvalue weighted by atomic mass is 32.1. The number of fused-ring (bicyclic) bond motifs is 1. The van der Waals surface area contributed by atoms with Crippen LogP contribution < -0.4 is 5.32 Å². The molecule has 3 rings (SSSR count). The molecule has 0 bridgehead atoms. The molecule has 0 amide bonds. The van der Waals surface area contributed by atoms with E-state index in [0.717, 1.165) is 36.6 Å². The first-order valence-corrected chi connectivity index (χ1v) is 8.46.